The number of aryl methyl sites for hydroxylation is 1. The maximum absolute atomic E-state index is 12.9. The number of carbonyl (C=O) groups is 2. The van der Waals surface area contributed by atoms with Gasteiger partial charge in [-0.2, -0.15) is 0 Å². The van der Waals surface area contributed by atoms with Crippen molar-refractivity contribution >= 4 is 28.5 Å². The van der Waals surface area contributed by atoms with Crippen LogP contribution in [0, 0.1) is 5.82 Å². The molecule has 0 spiro atoms. The number of carboxylic acids is 1. The molecule has 0 radical (unpaired) electrons. The van der Waals surface area contributed by atoms with Crippen molar-refractivity contribution in [1.29, 1.82) is 0 Å². The zero-order chi connectivity index (χ0) is 17.3. The van der Waals surface area contributed by atoms with Crippen molar-refractivity contribution in [3.63, 3.8) is 0 Å². The van der Waals surface area contributed by atoms with E-state index in [1.54, 1.807) is 23.7 Å². The molecule has 0 saturated carbocycles. The van der Waals surface area contributed by atoms with E-state index in [0.29, 0.717) is 11.3 Å². The minimum Gasteiger partial charge on any atom is -0.477 e. The van der Waals surface area contributed by atoms with E-state index in [9.17, 15) is 19.1 Å². The van der Waals surface area contributed by atoms with Gasteiger partial charge in [0.1, 0.15) is 11.5 Å². The van der Waals surface area contributed by atoms with Crippen LogP contribution in [0.2, 0.25) is 0 Å². The summed E-state index contributed by atoms with van der Waals surface area (Å²) in [4.78, 5) is 23.9. The van der Waals surface area contributed by atoms with E-state index >= 15 is 0 Å². The number of carboxylic acid groups (broad SMARTS) is 1. The highest BCUT2D eigenvalue weighted by atomic mass is 19.1. The lowest BCUT2D eigenvalue weighted by molar-refractivity contribution is -0.115. The van der Waals surface area contributed by atoms with Crippen LogP contribution < -0.4 is 5.32 Å². The third kappa shape index (κ3) is 2.86. The lowest BCUT2D eigenvalue weighted by Crippen LogP contribution is -2.17. The Balaban J connectivity index is 1.94. The smallest absolute Gasteiger partial charge is 0.352 e. The minimum atomic E-state index is -1.08. The fourth-order valence-corrected chi connectivity index (χ4v) is 2.82. The summed E-state index contributed by atoms with van der Waals surface area (Å²) in [6.07, 6.45) is -0.0830. The van der Waals surface area contributed by atoms with Gasteiger partial charge in [-0.15, -0.1) is 0 Å². The van der Waals surface area contributed by atoms with Crippen molar-refractivity contribution in [3.05, 3.63) is 65.6 Å². The number of benzene rings is 2. The second kappa shape index (κ2) is 6.16. The van der Waals surface area contributed by atoms with Gasteiger partial charge in [0, 0.05) is 29.2 Å². The summed E-state index contributed by atoms with van der Waals surface area (Å²) in [6.45, 7) is 0. The van der Waals surface area contributed by atoms with E-state index in [1.807, 2.05) is 12.1 Å². The molecule has 1 aromatic heterocycles. The average molecular weight is 326 g/mol. The monoisotopic (exact) mass is 326 g/mol. The van der Waals surface area contributed by atoms with Crippen molar-refractivity contribution in [2.24, 2.45) is 7.05 Å². The Morgan fingerprint density at radius 2 is 1.79 bits per heavy atom. The molecule has 0 aliphatic heterocycles. The van der Waals surface area contributed by atoms with E-state index in [4.69, 9.17) is 0 Å². The summed E-state index contributed by atoms with van der Waals surface area (Å²) in [5.41, 5.74) is 1.75. The summed E-state index contributed by atoms with van der Waals surface area (Å²) in [7, 11) is 1.66. The van der Waals surface area contributed by atoms with Gasteiger partial charge in [0.2, 0.25) is 5.91 Å². The van der Waals surface area contributed by atoms with E-state index in [1.165, 1.54) is 24.3 Å². The Morgan fingerprint density at radius 1 is 1.12 bits per heavy atom. The molecule has 0 aliphatic carbocycles. The standard InChI is InChI=1S/C18H15FN2O3/c1-21-15-5-3-2-4-13(15)14(17(21)18(23)24)10-16(22)20-12-8-6-11(19)7-9-12/h2-9H,10H2,1H3,(H,20,22)(H,23,24). The van der Waals surface area contributed by atoms with Gasteiger partial charge >= 0.3 is 5.97 Å². The maximum atomic E-state index is 12.9. The molecule has 122 valence electrons. The number of aromatic nitrogens is 1. The summed E-state index contributed by atoms with van der Waals surface area (Å²) in [5, 5.41) is 12.9. The Bertz CT molecular complexity index is 929. The van der Waals surface area contributed by atoms with Crippen LogP contribution in [0.3, 0.4) is 0 Å². The Hall–Kier alpha value is -3.15. The van der Waals surface area contributed by atoms with Crippen LogP contribution in [0.15, 0.2) is 48.5 Å². The average Bonchev–Trinajstić information content (AvgIpc) is 2.83. The number of amides is 1. The number of fused-ring (bicyclic) bond motifs is 1. The number of carbonyl (C=O) groups excluding carboxylic acids is 1. The second-order valence-electron chi connectivity index (χ2n) is 5.44. The Kier molecular flexibility index (Phi) is 4.04. The highest BCUT2D eigenvalue weighted by Gasteiger charge is 2.22. The first kappa shape index (κ1) is 15.7. The molecule has 0 unspecified atom stereocenters. The molecule has 2 N–H and O–H groups in total. The van der Waals surface area contributed by atoms with Gasteiger partial charge in [-0.05, 0) is 30.3 Å². The van der Waals surface area contributed by atoms with Gasteiger partial charge in [0.15, 0.2) is 0 Å². The number of aromatic carboxylic acids is 1. The summed E-state index contributed by atoms with van der Waals surface area (Å²) >= 11 is 0. The molecule has 3 rings (SSSR count). The number of hydrogen-bond donors (Lipinski definition) is 2. The summed E-state index contributed by atoms with van der Waals surface area (Å²) in [6, 6.07) is 12.6. The lowest BCUT2D eigenvalue weighted by atomic mass is 10.1. The predicted octanol–water partition coefficient (Wildman–Crippen LogP) is 3.20. The van der Waals surface area contributed by atoms with Crippen molar-refractivity contribution in [3.8, 4) is 0 Å². The third-order valence-electron chi connectivity index (χ3n) is 3.88. The fraction of sp³-hybridized carbons (Fsp3) is 0.111. The molecule has 2 aromatic carbocycles. The van der Waals surface area contributed by atoms with Gasteiger partial charge in [0.25, 0.3) is 0 Å². The maximum Gasteiger partial charge on any atom is 0.352 e. The summed E-state index contributed by atoms with van der Waals surface area (Å²) in [5.74, 6) is -1.84. The molecule has 5 nitrogen and oxygen atoms in total. The lowest BCUT2D eigenvalue weighted by Gasteiger charge is -2.06. The zero-order valence-electron chi connectivity index (χ0n) is 12.9. The first-order valence-electron chi connectivity index (χ1n) is 7.32. The molecule has 1 heterocycles. The second-order valence-corrected chi connectivity index (χ2v) is 5.44. The molecule has 0 aliphatic rings. The number of rotatable bonds is 4. The minimum absolute atomic E-state index is 0.0830. The topological polar surface area (TPSA) is 71.3 Å². The van der Waals surface area contributed by atoms with Crippen LogP contribution in [-0.4, -0.2) is 21.6 Å². The van der Waals surface area contributed by atoms with Crippen LogP contribution in [0.1, 0.15) is 16.1 Å². The fourth-order valence-electron chi connectivity index (χ4n) is 2.82. The molecular formula is C18H15FN2O3. The predicted molar refractivity (Wildman–Crippen MR) is 88.6 cm³/mol. The van der Waals surface area contributed by atoms with Gasteiger partial charge in [-0.1, -0.05) is 18.2 Å². The highest BCUT2D eigenvalue weighted by molar-refractivity contribution is 6.02. The number of anilines is 1. The molecule has 0 atom stereocenters. The van der Waals surface area contributed by atoms with Crippen LogP contribution in [0.4, 0.5) is 10.1 Å². The SMILES string of the molecule is Cn1c(C(=O)O)c(CC(=O)Nc2ccc(F)cc2)c2ccccc21. The Morgan fingerprint density at radius 3 is 2.46 bits per heavy atom. The number of nitrogens with zero attached hydrogens (tertiary/aromatic N) is 1. The number of halogens is 1. The molecule has 0 saturated heterocycles. The largest absolute Gasteiger partial charge is 0.477 e. The van der Waals surface area contributed by atoms with E-state index in [-0.39, 0.29) is 18.0 Å². The molecule has 1 amide bonds. The number of hydrogen-bond acceptors (Lipinski definition) is 2. The molecule has 6 heteroatoms. The normalized spacial score (nSPS) is 10.8. The first-order chi connectivity index (χ1) is 11.5. The third-order valence-corrected chi connectivity index (χ3v) is 3.88. The van der Waals surface area contributed by atoms with Gasteiger partial charge in [-0.3, -0.25) is 4.79 Å². The summed E-state index contributed by atoms with van der Waals surface area (Å²) < 4.78 is 14.5. The van der Waals surface area contributed by atoms with E-state index in [2.05, 4.69) is 5.32 Å². The first-order valence-corrected chi connectivity index (χ1v) is 7.32. The van der Waals surface area contributed by atoms with Crippen LogP contribution in [0.25, 0.3) is 10.9 Å². The number of para-hydroxylation sites is 1. The van der Waals surface area contributed by atoms with Crippen molar-refractivity contribution in [2.75, 3.05) is 5.32 Å². The zero-order valence-corrected chi connectivity index (χ0v) is 12.9. The van der Waals surface area contributed by atoms with Crippen LogP contribution in [0.5, 0.6) is 0 Å². The van der Waals surface area contributed by atoms with Gasteiger partial charge < -0.3 is 15.0 Å². The molecule has 24 heavy (non-hydrogen) atoms. The van der Waals surface area contributed by atoms with Crippen molar-refractivity contribution in [2.45, 2.75) is 6.42 Å². The Labute approximate surface area is 137 Å². The van der Waals surface area contributed by atoms with Crippen molar-refractivity contribution < 1.29 is 19.1 Å². The van der Waals surface area contributed by atoms with Gasteiger partial charge in [0.05, 0.1) is 6.42 Å². The van der Waals surface area contributed by atoms with Crippen LogP contribution in [-0.2, 0) is 18.3 Å². The van der Waals surface area contributed by atoms with E-state index < -0.39 is 11.8 Å². The van der Waals surface area contributed by atoms with Gasteiger partial charge in [-0.25, -0.2) is 9.18 Å². The molecule has 3 aromatic rings. The van der Waals surface area contributed by atoms with Crippen LogP contribution >= 0.6 is 0 Å². The molecule has 0 fully saturated rings. The molecular weight excluding hydrogens is 311 g/mol. The quantitative estimate of drug-likeness (QED) is 0.773. The van der Waals surface area contributed by atoms with E-state index in [0.717, 1.165) is 10.9 Å². The number of nitrogens with one attached hydrogen (secondary N) is 1. The van der Waals surface area contributed by atoms with Crippen molar-refractivity contribution in [1.82, 2.24) is 4.57 Å². The molecule has 0 bridgehead atoms. The highest BCUT2D eigenvalue weighted by Crippen LogP contribution is 2.26.